The summed E-state index contributed by atoms with van der Waals surface area (Å²) >= 11 is 0. The zero-order valence-corrected chi connectivity index (χ0v) is 24.4. The molecule has 3 aromatic heterocycles. The third-order valence-electron chi connectivity index (χ3n) is 6.07. The second-order valence-electron chi connectivity index (χ2n) is 9.70. The fourth-order valence-corrected chi connectivity index (χ4v) is 4.11. The van der Waals surface area contributed by atoms with E-state index in [0.29, 0.717) is 45.8 Å². The minimum Gasteiger partial charge on any atom is -1.00 e. The lowest BCUT2D eigenvalue weighted by atomic mass is 10.2. The number of imidazole rings is 1. The Balaban J connectivity index is 0.00000484. The molecule has 4 aromatic rings. The van der Waals surface area contributed by atoms with Crippen molar-refractivity contribution in [1.82, 2.24) is 24.5 Å². The summed E-state index contributed by atoms with van der Waals surface area (Å²) in [6.07, 6.45) is 13.1. The molecule has 14 heteroatoms. The molecule has 3 heterocycles. The summed E-state index contributed by atoms with van der Waals surface area (Å²) in [5.74, 6) is 2.81. The minimum atomic E-state index is -0.529. The van der Waals surface area contributed by atoms with Gasteiger partial charge in [-0.15, -0.1) is 6.42 Å². The summed E-state index contributed by atoms with van der Waals surface area (Å²) in [7, 11) is 3.76. The lowest BCUT2D eigenvalue weighted by molar-refractivity contribution is -0.898. The molecule has 2 N–H and O–H groups in total. The average Bonchev–Trinajstić information content (AvgIpc) is 3.33. The van der Waals surface area contributed by atoms with Crippen LogP contribution in [0.2, 0.25) is 0 Å². The molecule has 0 radical (unpaired) electrons. The van der Waals surface area contributed by atoms with E-state index in [0.717, 1.165) is 11.3 Å². The van der Waals surface area contributed by atoms with Crippen LogP contribution in [0.5, 0.6) is 0 Å². The monoisotopic (exact) mass is 630 g/mol. The largest absolute Gasteiger partial charge is 1.00 e. The van der Waals surface area contributed by atoms with E-state index < -0.39 is 10.8 Å². The molecule has 0 fully saturated rings. The van der Waals surface area contributed by atoms with Crippen molar-refractivity contribution in [3.05, 3.63) is 82.7 Å². The number of quaternary nitrogens is 1. The van der Waals surface area contributed by atoms with Crippen LogP contribution in [0.3, 0.4) is 0 Å². The van der Waals surface area contributed by atoms with Gasteiger partial charge in [-0.25, -0.2) is 15.0 Å². The van der Waals surface area contributed by atoms with Gasteiger partial charge in [-0.1, -0.05) is 12.0 Å². The number of benzene rings is 1. The van der Waals surface area contributed by atoms with Crippen LogP contribution in [0, 0.1) is 33.8 Å². The van der Waals surface area contributed by atoms with Crippen LogP contribution in [-0.4, -0.2) is 60.5 Å². The lowest BCUT2D eigenvalue weighted by Crippen LogP contribution is -3.00. The number of nitrogens with one attached hydrogen (secondary N) is 2. The van der Waals surface area contributed by atoms with Crippen molar-refractivity contribution in [1.29, 1.82) is 5.26 Å². The summed E-state index contributed by atoms with van der Waals surface area (Å²) in [4.78, 5) is 40.4. The molecule has 0 unspecified atom stereocenters. The number of nitrogens with zero attached hydrogens (tertiary/aromatic N) is 8. The van der Waals surface area contributed by atoms with E-state index >= 15 is 0 Å². The molecule has 0 aliphatic carbocycles. The number of aryl methyl sites for hydroxylation is 1. The van der Waals surface area contributed by atoms with E-state index in [-0.39, 0.29) is 35.8 Å². The van der Waals surface area contributed by atoms with Gasteiger partial charge in [-0.05, 0) is 40.2 Å². The SMILES string of the molecule is C#Cc1cccc(Nc2ncnc3cnc(NC(=O)/C=C/C[N+](C)(C)Cc4c([N+](=O)[O-])ncn4CCC#N)cc23)c1.[Br-]. The van der Waals surface area contributed by atoms with Gasteiger partial charge in [0.1, 0.15) is 24.5 Å². The summed E-state index contributed by atoms with van der Waals surface area (Å²) in [5.41, 5.74) is 2.49. The summed E-state index contributed by atoms with van der Waals surface area (Å²) < 4.78 is 1.94. The van der Waals surface area contributed by atoms with Crippen molar-refractivity contribution < 1.29 is 31.2 Å². The molecule has 1 amide bonds. The molecule has 0 spiro atoms. The molecular weight excluding hydrogens is 604 g/mol. The maximum Gasteiger partial charge on any atom is 0.390 e. The van der Waals surface area contributed by atoms with Crippen molar-refractivity contribution in [2.75, 3.05) is 31.3 Å². The van der Waals surface area contributed by atoms with Crippen molar-refractivity contribution >= 4 is 40.0 Å². The Bertz CT molecular complexity index is 1720. The van der Waals surface area contributed by atoms with E-state index in [4.69, 9.17) is 11.7 Å². The molecule has 0 saturated heterocycles. The molecule has 42 heavy (non-hydrogen) atoms. The molecule has 1 aromatic carbocycles. The van der Waals surface area contributed by atoms with E-state index in [1.54, 1.807) is 22.9 Å². The molecule has 214 valence electrons. The number of carbonyl (C=O) groups excluding carboxylic acids is 1. The van der Waals surface area contributed by atoms with Crippen LogP contribution in [0.1, 0.15) is 17.7 Å². The molecule has 0 aliphatic rings. The Morgan fingerprint density at radius 1 is 1.24 bits per heavy atom. The highest BCUT2D eigenvalue weighted by atomic mass is 79.9. The van der Waals surface area contributed by atoms with E-state index in [1.165, 1.54) is 18.7 Å². The number of hydrogen-bond acceptors (Lipinski definition) is 9. The van der Waals surface area contributed by atoms with Gasteiger partial charge in [-0.3, -0.25) is 4.79 Å². The van der Waals surface area contributed by atoms with E-state index in [9.17, 15) is 14.9 Å². The van der Waals surface area contributed by atoms with Gasteiger partial charge in [0.25, 0.3) is 0 Å². The third-order valence-corrected chi connectivity index (χ3v) is 6.07. The zero-order valence-electron chi connectivity index (χ0n) is 22.9. The number of pyridine rings is 1. The second-order valence-corrected chi connectivity index (χ2v) is 9.70. The molecule has 0 aliphatic heterocycles. The number of carbonyl (C=O) groups is 1. The molecule has 0 atom stereocenters. The van der Waals surface area contributed by atoms with Crippen LogP contribution < -0.4 is 27.6 Å². The lowest BCUT2D eigenvalue weighted by Gasteiger charge is -2.28. The normalized spacial score (nSPS) is 11.0. The van der Waals surface area contributed by atoms with Crippen molar-refractivity contribution in [2.24, 2.45) is 0 Å². The Hall–Kier alpha value is -5.18. The quantitative estimate of drug-likeness (QED) is 0.0791. The van der Waals surface area contributed by atoms with E-state index in [2.05, 4.69) is 36.5 Å². The number of hydrogen-bond donors (Lipinski definition) is 2. The van der Waals surface area contributed by atoms with Gasteiger partial charge in [-0.2, -0.15) is 5.26 Å². The fraction of sp³-hybridized carbons (Fsp3) is 0.214. The second kappa shape index (κ2) is 13.9. The first kappa shape index (κ1) is 31.3. The Morgan fingerprint density at radius 2 is 2.05 bits per heavy atom. The topological polar surface area (TPSA) is 165 Å². The summed E-state index contributed by atoms with van der Waals surface area (Å²) in [5, 5.41) is 27.0. The minimum absolute atomic E-state index is 0. The van der Waals surface area contributed by atoms with Gasteiger partial charge < -0.3 is 46.8 Å². The molecule has 0 saturated carbocycles. The first-order chi connectivity index (χ1) is 19.7. The molecule has 13 nitrogen and oxygen atoms in total. The van der Waals surface area contributed by atoms with Gasteiger partial charge in [0.15, 0.2) is 5.69 Å². The van der Waals surface area contributed by atoms with E-state index in [1.807, 2.05) is 44.4 Å². The van der Waals surface area contributed by atoms with Crippen LogP contribution in [0.25, 0.3) is 10.9 Å². The number of nitriles is 1. The highest BCUT2D eigenvalue weighted by Gasteiger charge is 2.28. The van der Waals surface area contributed by atoms with Crippen molar-refractivity contribution in [2.45, 2.75) is 19.5 Å². The predicted molar refractivity (Wildman–Crippen MR) is 153 cm³/mol. The molecule has 0 bridgehead atoms. The van der Waals surface area contributed by atoms with Gasteiger partial charge in [0, 0.05) is 29.3 Å². The first-order valence-corrected chi connectivity index (χ1v) is 12.5. The average molecular weight is 631 g/mol. The van der Waals surface area contributed by atoms with Crippen molar-refractivity contribution in [3.63, 3.8) is 0 Å². The Kier molecular flexibility index (Phi) is 10.4. The smallest absolute Gasteiger partial charge is 0.390 e. The van der Waals surface area contributed by atoms with Crippen LogP contribution >= 0.6 is 0 Å². The number of aromatic nitrogens is 5. The van der Waals surface area contributed by atoms with Crippen LogP contribution in [0.15, 0.2) is 61.3 Å². The summed E-state index contributed by atoms with van der Waals surface area (Å²) in [6.45, 7) is 0.987. The van der Waals surface area contributed by atoms with Gasteiger partial charge in [0.05, 0.1) is 44.8 Å². The Labute approximate surface area is 252 Å². The van der Waals surface area contributed by atoms with Gasteiger partial charge in [0.2, 0.25) is 12.2 Å². The highest BCUT2D eigenvalue weighted by molar-refractivity contribution is 6.00. The highest BCUT2D eigenvalue weighted by Crippen LogP contribution is 2.25. The Morgan fingerprint density at radius 3 is 2.79 bits per heavy atom. The number of rotatable bonds is 11. The number of nitro groups is 1. The maximum absolute atomic E-state index is 12.7. The number of amides is 1. The zero-order chi connectivity index (χ0) is 29.4. The first-order valence-electron chi connectivity index (χ1n) is 12.5. The van der Waals surface area contributed by atoms with Gasteiger partial charge >= 0.3 is 5.82 Å². The number of likely N-dealkylation sites (N-methyl/N-ethyl adjacent to an activating group) is 1. The maximum atomic E-state index is 12.7. The summed E-state index contributed by atoms with van der Waals surface area (Å²) in [6, 6.07) is 11.1. The number of fused-ring (bicyclic) bond motifs is 1. The number of terminal acetylenes is 1. The van der Waals surface area contributed by atoms with Crippen LogP contribution in [-0.2, 0) is 17.9 Å². The predicted octanol–water partition coefficient (Wildman–Crippen LogP) is 0.543. The molecule has 4 rings (SSSR count). The molecular formula is C28H27BrN10O3. The number of anilines is 3. The van der Waals surface area contributed by atoms with Crippen LogP contribution in [0.4, 0.5) is 23.1 Å². The number of halogens is 1. The standard InChI is InChI=1S/C28H26N10O3.BrH/c1-4-20-8-5-9-21(14-20)34-27-22-15-25(30-16-23(22)31-18-32-27)35-26(39)10-6-13-38(2,3)17-24-28(37(40)41)33-19-36(24)12-7-11-29;/h1,5-6,8-10,14-16,18-19H,7,12-13,17H2,2-3H3,(H-,30,31,32,34,35,39);1H/b10-6+;. The van der Waals surface area contributed by atoms with Crippen molar-refractivity contribution in [3.8, 4) is 18.4 Å². The third kappa shape index (κ3) is 7.94. The fourth-order valence-electron chi connectivity index (χ4n) is 4.11.